The summed E-state index contributed by atoms with van der Waals surface area (Å²) in [5, 5.41) is 9.89. The van der Waals surface area contributed by atoms with Crippen molar-refractivity contribution in [3.8, 4) is 0 Å². The van der Waals surface area contributed by atoms with E-state index in [-0.39, 0.29) is 18.4 Å². The fraction of sp³-hybridized carbons (Fsp3) is 0.476. The van der Waals surface area contributed by atoms with Crippen LogP contribution in [0.2, 0.25) is 0 Å². The Morgan fingerprint density at radius 1 is 1.25 bits per heavy atom. The van der Waals surface area contributed by atoms with Crippen molar-refractivity contribution in [3.63, 3.8) is 0 Å². The molecule has 154 valence electrons. The number of hydrogen-bond donors (Lipinski definition) is 2. The summed E-state index contributed by atoms with van der Waals surface area (Å²) in [5.74, 6) is -0.496. The lowest BCUT2D eigenvalue weighted by molar-refractivity contribution is -0.137. The number of aliphatic carboxylic acids is 1. The number of allylic oxidation sites excluding steroid dienone is 2. The SMILES string of the molecule is O=C(O)CCCC=CCC1CCCCC1NS(=O)(=O)C=Cc1cccc(Br)c1. The number of sulfonamides is 1. The fourth-order valence-corrected chi connectivity index (χ4v) is 5.00. The van der Waals surface area contributed by atoms with E-state index in [9.17, 15) is 13.2 Å². The molecule has 0 saturated heterocycles. The maximum absolute atomic E-state index is 12.5. The van der Waals surface area contributed by atoms with Crippen LogP contribution in [0.15, 0.2) is 46.3 Å². The van der Waals surface area contributed by atoms with Crippen molar-refractivity contribution in [2.75, 3.05) is 0 Å². The van der Waals surface area contributed by atoms with Crippen molar-refractivity contribution < 1.29 is 18.3 Å². The van der Waals surface area contributed by atoms with Gasteiger partial charge in [0.05, 0.1) is 0 Å². The molecule has 28 heavy (non-hydrogen) atoms. The number of rotatable bonds is 10. The minimum Gasteiger partial charge on any atom is -0.481 e. The van der Waals surface area contributed by atoms with Crippen LogP contribution >= 0.6 is 15.9 Å². The Balaban J connectivity index is 1.89. The topological polar surface area (TPSA) is 83.5 Å². The standard InChI is InChI=1S/C21H28BrNO4S/c22-19-11-7-8-17(16-19)14-15-28(26,27)23-20-12-6-5-10-18(20)9-3-1-2-4-13-21(24)25/h1,3,7-8,11,14-16,18,20,23H,2,4-6,9-10,12-13H2,(H,24,25). The molecule has 2 N–H and O–H groups in total. The van der Waals surface area contributed by atoms with Crippen LogP contribution < -0.4 is 4.72 Å². The zero-order valence-corrected chi connectivity index (χ0v) is 18.3. The number of unbranched alkanes of at least 4 members (excludes halogenated alkanes) is 1. The van der Waals surface area contributed by atoms with E-state index in [4.69, 9.17) is 5.11 Å². The van der Waals surface area contributed by atoms with Gasteiger partial charge < -0.3 is 5.11 Å². The highest BCUT2D eigenvalue weighted by Crippen LogP contribution is 2.28. The molecule has 0 bridgehead atoms. The smallest absolute Gasteiger partial charge is 0.303 e. The third-order valence-corrected chi connectivity index (χ3v) is 6.50. The summed E-state index contributed by atoms with van der Waals surface area (Å²) in [6, 6.07) is 7.42. The summed E-state index contributed by atoms with van der Waals surface area (Å²) in [5.41, 5.74) is 0.823. The molecule has 2 atom stereocenters. The van der Waals surface area contributed by atoms with E-state index < -0.39 is 16.0 Å². The summed E-state index contributed by atoms with van der Waals surface area (Å²) >= 11 is 3.38. The average molecular weight is 470 g/mol. The van der Waals surface area contributed by atoms with Crippen LogP contribution in [0.3, 0.4) is 0 Å². The average Bonchev–Trinajstić information content (AvgIpc) is 2.64. The van der Waals surface area contributed by atoms with Gasteiger partial charge in [-0.05, 0) is 61.8 Å². The number of carboxylic acid groups (broad SMARTS) is 1. The highest BCUT2D eigenvalue weighted by Gasteiger charge is 2.27. The molecule has 0 aromatic heterocycles. The van der Waals surface area contributed by atoms with Crippen LogP contribution in [0.4, 0.5) is 0 Å². The van der Waals surface area contributed by atoms with E-state index in [2.05, 4.69) is 26.7 Å². The zero-order valence-electron chi connectivity index (χ0n) is 15.9. The monoisotopic (exact) mass is 469 g/mol. The second-order valence-corrected chi connectivity index (χ2v) is 9.68. The van der Waals surface area contributed by atoms with E-state index in [0.717, 1.165) is 48.6 Å². The lowest BCUT2D eigenvalue weighted by Gasteiger charge is -2.31. The first-order valence-corrected chi connectivity index (χ1v) is 12.0. The first-order chi connectivity index (χ1) is 13.4. The van der Waals surface area contributed by atoms with E-state index in [0.29, 0.717) is 6.42 Å². The van der Waals surface area contributed by atoms with Crippen molar-refractivity contribution in [2.24, 2.45) is 5.92 Å². The van der Waals surface area contributed by atoms with Crippen LogP contribution in [-0.4, -0.2) is 25.5 Å². The van der Waals surface area contributed by atoms with Gasteiger partial charge in [0.15, 0.2) is 0 Å². The highest BCUT2D eigenvalue weighted by atomic mass is 79.9. The van der Waals surface area contributed by atoms with Gasteiger partial charge in [0.1, 0.15) is 0 Å². The maximum atomic E-state index is 12.5. The van der Waals surface area contributed by atoms with Gasteiger partial charge in [-0.2, -0.15) is 0 Å². The van der Waals surface area contributed by atoms with Crippen molar-refractivity contribution in [1.29, 1.82) is 0 Å². The van der Waals surface area contributed by atoms with Gasteiger partial charge in [-0.15, -0.1) is 0 Å². The molecular weight excluding hydrogens is 442 g/mol. The normalized spacial score (nSPS) is 20.8. The van der Waals surface area contributed by atoms with E-state index >= 15 is 0 Å². The number of nitrogens with one attached hydrogen (secondary N) is 1. The number of carboxylic acids is 1. The lowest BCUT2D eigenvalue weighted by atomic mass is 9.83. The summed E-state index contributed by atoms with van der Waals surface area (Å²) in [4.78, 5) is 10.5. The Kier molecular flexibility index (Phi) is 9.41. The molecule has 1 aliphatic carbocycles. The van der Waals surface area contributed by atoms with Gasteiger partial charge in [-0.3, -0.25) is 4.79 Å². The Hall–Kier alpha value is -1.44. The number of benzene rings is 1. The predicted molar refractivity (Wildman–Crippen MR) is 116 cm³/mol. The third kappa shape index (κ3) is 8.71. The largest absolute Gasteiger partial charge is 0.481 e. The fourth-order valence-electron chi connectivity index (χ4n) is 3.43. The number of carbonyl (C=O) groups is 1. The first-order valence-electron chi connectivity index (χ1n) is 9.68. The van der Waals surface area contributed by atoms with Crippen molar-refractivity contribution in [2.45, 2.75) is 57.4 Å². The van der Waals surface area contributed by atoms with Crippen LogP contribution in [0.5, 0.6) is 0 Å². The van der Waals surface area contributed by atoms with Gasteiger partial charge in [0, 0.05) is 22.3 Å². The third-order valence-electron chi connectivity index (χ3n) is 4.88. The molecule has 5 nitrogen and oxygen atoms in total. The minimum atomic E-state index is -3.51. The van der Waals surface area contributed by atoms with Gasteiger partial charge in [-0.1, -0.05) is 53.1 Å². The molecule has 0 spiro atoms. The molecule has 0 amide bonds. The molecule has 1 aromatic carbocycles. The van der Waals surface area contributed by atoms with Crippen molar-refractivity contribution in [3.05, 3.63) is 51.9 Å². The molecule has 1 saturated carbocycles. The van der Waals surface area contributed by atoms with Gasteiger partial charge in [-0.25, -0.2) is 13.1 Å². The molecule has 2 unspecified atom stereocenters. The molecule has 0 heterocycles. The number of hydrogen-bond acceptors (Lipinski definition) is 3. The van der Waals surface area contributed by atoms with Crippen LogP contribution in [0, 0.1) is 5.92 Å². The molecular formula is C21H28BrNO4S. The second kappa shape index (κ2) is 11.5. The Bertz CT molecular complexity index is 804. The van der Waals surface area contributed by atoms with Gasteiger partial charge in [0.25, 0.3) is 0 Å². The highest BCUT2D eigenvalue weighted by molar-refractivity contribution is 9.10. The minimum absolute atomic E-state index is 0.0606. The van der Waals surface area contributed by atoms with E-state index in [1.807, 2.05) is 30.3 Å². The maximum Gasteiger partial charge on any atom is 0.303 e. The predicted octanol–water partition coefficient (Wildman–Crippen LogP) is 5.10. The van der Waals surface area contributed by atoms with Crippen LogP contribution in [0.25, 0.3) is 6.08 Å². The quantitative estimate of drug-likeness (QED) is 0.368. The van der Waals surface area contributed by atoms with E-state index in [1.54, 1.807) is 6.08 Å². The number of halogens is 1. The molecule has 1 fully saturated rings. The van der Waals surface area contributed by atoms with Crippen LogP contribution in [0.1, 0.15) is 56.9 Å². The first kappa shape index (κ1) is 22.8. The molecule has 2 rings (SSSR count). The lowest BCUT2D eigenvalue weighted by Crippen LogP contribution is -2.41. The van der Waals surface area contributed by atoms with E-state index in [1.165, 1.54) is 5.41 Å². The Labute approximate surface area is 176 Å². The van der Waals surface area contributed by atoms with Gasteiger partial charge in [0.2, 0.25) is 10.0 Å². The van der Waals surface area contributed by atoms with Crippen molar-refractivity contribution in [1.82, 2.24) is 4.72 Å². The Morgan fingerprint density at radius 3 is 2.79 bits per heavy atom. The molecule has 7 heteroatoms. The van der Waals surface area contributed by atoms with Crippen molar-refractivity contribution >= 4 is 38.0 Å². The zero-order chi connectivity index (χ0) is 20.4. The molecule has 1 aliphatic rings. The molecule has 1 aromatic rings. The van der Waals surface area contributed by atoms with Crippen LogP contribution in [-0.2, 0) is 14.8 Å². The Morgan fingerprint density at radius 2 is 2.04 bits per heavy atom. The molecule has 0 aliphatic heterocycles. The summed E-state index contributed by atoms with van der Waals surface area (Å²) < 4.78 is 28.8. The molecule has 0 radical (unpaired) electrons. The second-order valence-electron chi connectivity index (χ2n) is 7.16. The summed E-state index contributed by atoms with van der Waals surface area (Å²) in [6.07, 6.45) is 12.0. The van der Waals surface area contributed by atoms with Gasteiger partial charge >= 0.3 is 5.97 Å². The summed E-state index contributed by atoms with van der Waals surface area (Å²) in [7, 11) is -3.51. The summed E-state index contributed by atoms with van der Waals surface area (Å²) in [6.45, 7) is 0.